The molecule has 1 aliphatic heterocycles. The standard InChI is InChI=1S/C16H15Br2NO2/c1-10(11-2-4-13(17)5-3-11)19-8-12-6-15-16(7-14(12)18)21-9-20-15/h2-7,10,19H,8-9H2,1H3/t10-/m1/s1. The van der Waals surface area contributed by atoms with Gasteiger partial charge in [0.2, 0.25) is 6.79 Å². The third-order valence-electron chi connectivity index (χ3n) is 3.51. The van der Waals surface area contributed by atoms with Crippen LogP contribution in [0.3, 0.4) is 0 Å². The van der Waals surface area contributed by atoms with E-state index in [9.17, 15) is 0 Å². The van der Waals surface area contributed by atoms with Crippen LogP contribution >= 0.6 is 31.9 Å². The lowest BCUT2D eigenvalue weighted by Crippen LogP contribution is -2.18. The van der Waals surface area contributed by atoms with Crippen LogP contribution in [0.15, 0.2) is 45.3 Å². The summed E-state index contributed by atoms with van der Waals surface area (Å²) >= 11 is 7.04. The molecule has 0 spiro atoms. The lowest BCUT2D eigenvalue weighted by Gasteiger charge is -2.15. The first kappa shape index (κ1) is 14.9. The Balaban J connectivity index is 1.68. The Morgan fingerprint density at radius 3 is 2.48 bits per heavy atom. The predicted octanol–water partition coefficient (Wildman–Crippen LogP) is 4.79. The monoisotopic (exact) mass is 411 g/mol. The third kappa shape index (κ3) is 3.42. The van der Waals surface area contributed by atoms with Crippen molar-refractivity contribution in [1.29, 1.82) is 0 Å². The Kier molecular flexibility index (Phi) is 4.52. The summed E-state index contributed by atoms with van der Waals surface area (Å²) in [7, 11) is 0. The number of rotatable bonds is 4. The zero-order valence-corrected chi connectivity index (χ0v) is 14.7. The van der Waals surface area contributed by atoms with Gasteiger partial charge in [0, 0.05) is 21.5 Å². The summed E-state index contributed by atoms with van der Waals surface area (Å²) in [6, 6.07) is 12.6. The molecule has 0 aliphatic carbocycles. The summed E-state index contributed by atoms with van der Waals surface area (Å²) < 4.78 is 12.9. The molecule has 1 atom stereocenters. The van der Waals surface area contributed by atoms with Crippen LogP contribution in [0, 0.1) is 0 Å². The van der Waals surface area contributed by atoms with Gasteiger partial charge in [0.15, 0.2) is 11.5 Å². The summed E-state index contributed by atoms with van der Waals surface area (Å²) in [5.74, 6) is 1.61. The minimum Gasteiger partial charge on any atom is -0.454 e. The largest absolute Gasteiger partial charge is 0.454 e. The van der Waals surface area contributed by atoms with Gasteiger partial charge in [-0.15, -0.1) is 0 Å². The van der Waals surface area contributed by atoms with Crippen molar-refractivity contribution in [3.63, 3.8) is 0 Å². The fourth-order valence-corrected chi connectivity index (χ4v) is 2.95. The molecule has 0 radical (unpaired) electrons. The molecular weight excluding hydrogens is 398 g/mol. The Labute approximate surface area is 140 Å². The van der Waals surface area contributed by atoms with E-state index in [1.165, 1.54) is 5.56 Å². The Morgan fingerprint density at radius 2 is 1.76 bits per heavy atom. The molecule has 0 bridgehead atoms. The van der Waals surface area contributed by atoms with Gasteiger partial charge in [-0.2, -0.15) is 0 Å². The number of benzene rings is 2. The number of halogens is 2. The van der Waals surface area contributed by atoms with Crippen LogP contribution < -0.4 is 14.8 Å². The van der Waals surface area contributed by atoms with Gasteiger partial charge in [0.05, 0.1) is 0 Å². The average molecular weight is 413 g/mol. The van der Waals surface area contributed by atoms with Gasteiger partial charge in [0.25, 0.3) is 0 Å². The SMILES string of the molecule is C[C@@H](NCc1cc2c(cc1Br)OCO2)c1ccc(Br)cc1. The number of hydrogen-bond acceptors (Lipinski definition) is 3. The van der Waals surface area contributed by atoms with Gasteiger partial charge in [-0.1, -0.05) is 44.0 Å². The Morgan fingerprint density at radius 1 is 1.10 bits per heavy atom. The van der Waals surface area contributed by atoms with Crippen LogP contribution in [0.25, 0.3) is 0 Å². The van der Waals surface area contributed by atoms with E-state index >= 15 is 0 Å². The van der Waals surface area contributed by atoms with E-state index in [1.807, 2.05) is 12.1 Å². The summed E-state index contributed by atoms with van der Waals surface area (Å²) in [5.41, 5.74) is 2.42. The molecule has 1 aliphatic rings. The zero-order chi connectivity index (χ0) is 14.8. The Hall–Kier alpha value is -1.04. The van der Waals surface area contributed by atoms with Crippen molar-refractivity contribution in [2.45, 2.75) is 19.5 Å². The van der Waals surface area contributed by atoms with Gasteiger partial charge in [-0.05, 0) is 42.3 Å². The van der Waals surface area contributed by atoms with E-state index in [1.54, 1.807) is 0 Å². The van der Waals surface area contributed by atoms with Crippen LogP contribution in [-0.2, 0) is 6.54 Å². The summed E-state index contributed by atoms with van der Waals surface area (Å²) in [6.07, 6.45) is 0. The maximum atomic E-state index is 5.42. The van der Waals surface area contributed by atoms with Crippen molar-refractivity contribution in [3.05, 3.63) is 56.5 Å². The molecule has 0 saturated heterocycles. The number of ether oxygens (including phenoxy) is 2. The van der Waals surface area contributed by atoms with Crippen molar-refractivity contribution < 1.29 is 9.47 Å². The normalized spacial score (nSPS) is 14.2. The van der Waals surface area contributed by atoms with Crippen LogP contribution in [0.4, 0.5) is 0 Å². The van der Waals surface area contributed by atoms with Crippen molar-refractivity contribution >= 4 is 31.9 Å². The molecule has 2 aromatic rings. The topological polar surface area (TPSA) is 30.5 Å². The molecule has 3 rings (SSSR count). The molecule has 0 amide bonds. The highest BCUT2D eigenvalue weighted by Crippen LogP contribution is 2.37. The highest BCUT2D eigenvalue weighted by Gasteiger charge is 2.16. The zero-order valence-electron chi connectivity index (χ0n) is 11.5. The predicted molar refractivity (Wildman–Crippen MR) is 89.7 cm³/mol. The quantitative estimate of drug-likeness (QED) is 0.782. The van der Waals surface area contributed by atoms with E-state index in [0.29, 0.717) is 6.79 Å². The van der Waals surface area contributed by atoms with Crippen LogP contribution in [0.1, 0.15) is 24.1 Å². The number of hydrogen-bond donors (Lipinski definition) is 1. The van der Waals surface area contributed by atoms with Crippen LogP contribution in [-0.4, -0.2) is 6.79 Å². The average Bonchev–Trinajstić information content (AvgIpc) is 2.92. The first-order chi connectivity index (χ1) is 10.1. The first-order valence-corrected chi connectivity index (χ1v) is 8.29. The molecule has 1 heterocycles. The first-order valence-electron chi connectivity index (χ1n) is 6.70. The summed E-state index contributed by atoms with van der Waals surface area (Å²) in [4.78, 5) is 0. The highest BCUT2D eigenvalue weighted by molar-refractivity contribution is 9.10. The minimum absolute atomic E-state index is 0.274. The highest BCUT2D eigenvalue weighted by atomic mass is 79.9. The van der Waals surface area contributed by atoms with Crippen molar-refractivity contribution in [1.82, 2.24) is 5.32 Å². The molecule has 3 nitrogen and oxygen atoms in total. The van der Waals surface area contributed by atoms with E-state index in [2.05, 4.69) is 68.4 Å². The van der Waals surface area contributed by atoms with Gasteiger partial charge in [-0.3, -0.25) is 0 Å². The molecule has 5 heteroatoms. The number of fused-ring (bicyclic) bond motifs is 1. The lowest BCUT2D eigenvalue weighted by molar-refractivity contribution is 0.174. The molecular formula is C16H15Br2NO2. The van der Waals surface area contributed by atoms with Gasteiger partial charge < -0.3 is 14.8 Å². The molecule has 0 unspecified atom stereocenters. The van der Waals surface area contributed by atoms with E-state index < -0.39 is 0 Å². The fourth-order valence-electron chi connectivity index (χ4n) is 2.23. The molecule has 21 heavy (non-hydrogen) atoms. The maximum Gasteiger partial charge on any atom is 0.231 e. The molecule has 0 fully saturated rings. The third-order valence-corrected chi connectivity index (χ3v) is 4.78. The lowest BCUT2D eigenvalue weighted by atomic mass is 10.1. The van der Waals surface area contributed by atoms with Gasteiger partial charge in [-0.25, -0.2) is 0 Å². The molecule has 110 valence electrons. The van der Waals surface area contributed by atoms with Crippen molar-refractivity contribution in [2.24, 2.45) is 0 Å². The summed E-state index contributed by atoms with van der Waals surface area (Å²) in [5, 5.41) is 3.52. The molecule has 0 saturated carbocycles. The number of nitrogens with one attached hydrogen (secondary N) is 1. The smallest absolute Gasteiger partial charge is 0.231 e. The summed E-state index contributed by atoms with van der Waals surface area (Å²) in [6.45, 7) is 3.21. The minimum atomic E-state index is 0.274. The van der Waals surface area contributed by atoms with E-state index in [4.69, 9.17) is 9.47 Å². The maximum absolute atomic E-state index is 5.42. The second-order valence-electron chi connectivity index (χ2n) is 4.95. The molecule has 1 N–H and O–H groups in total. The second-order valence-corrected chi connectivity index (χ2v) is 6.72. The fraction of sp³-hybridized carbons (Fsp3) is 0.250. The van der Waals surface area contributed by atoms with E-state index in [0.717, 1.165) is 32.6 Å². The van der Waals surface area contributed by atoms with Crippen LogP contribution in [0.5, 0.6) is 11.5 Å². The Bertz CT molecular complexity index is 643. The molecule has 0 aromatic heterocycles. The van der Waals surface area contributed by atoms with Gasteiger partial charge >= 0.3 is 0 Å². The van der Waals surface area contributed by atoms with Gasteiger partial charge in [0.1, 0.15) is 0 Å². The van der Waals surface area contributed by atoms with E-state index in [-0.39, 0.29) is 6.04 Å². The van der Waals surface area contributed by atoms with Crippen LogP contribution in [0.2, 0.25) is 0 Å². The van der Waals surface area contributed by atoms with Crippen molar-refractivity contribution in [3.8, 4) is 11.5 Å². The van der Waals surface area contributed by atoms with Crippen molar-refractivity contribution in [2.75, 3.05) is 6.79 Å². The molecule has 2 aromatic carbocycles. The second kappa shape index (κ2) is 6.38.